The molecule has 1 N–H and O–H groups in total. The van der Waals surface area contributed by atoms with Gasteiger partial charge in [-0.15, -0.1) is 11.3 Å². The van der Waals surface area contributed by atoms with E-state index in [1.807, 2.05) is 11.3 Å². The summed E-state index contributed by atoms with van der Waals surface area (Å²) in [5, 5.41) is 4.76. The number of thiazole rings is 1. The molecule has 1 aliphatic rings. The van der Waals surface area contributed by atoms with Crippen molar-refractivity contribution in [1.29, 1.82) is 0 Å². The van der Waals surface area contributed by atoms with E-state index in [1.54, 1.807) is 0 Å². The molecule has 0 aromatic carbocycles. The maximum atomic E-state index is 4.79. The van der Waals surface area contributed by atoms with Crippen molar-refractivity contribution in [2.24, 2.45) is 11.8 Å². The summed E-state index contributed by atoms with van der Waals surface area (Å²) in [7, 11) is 0. The Kier molecular flexibility index (Phi) is 5.85. The maximum absolute atomic E-state index is 4.79. The van der Waals surface area contributed by atoms with Crippen LogP contribution in [-0.4, -0.2) is 24.6 Å². The first-order valence-electron chi connectivity index (χ1n) is 8.02. The van der Waals surface area contributed by atoms with Gasteiger partial charge in [-0.05, 0) is 38.1 Å². The van der Waals surface area contributed by atoms with Gasteiger partial charge in [-0.25, -0.2) is 4.98 Å². The molecule has 20 heavy (non-hydrogen) atoms. The highest BCUT2D eigenvalue weighted by Crippen LogP contribution is 2.30. The zero-order chi connectivity index (χ0) is 14.5. The topological polar surface area (TPSA) is 28.2 Å². The highest BCUT2D eigenvalue weighted by molar-refractivity contribution is 7.15. The van der Waals surface area contributed by atoms with Gasteiger partial charge in [0, 0.05) is 24.5 Å². The normalized spacial score (nSPS) is 17.1. The smallest absolute Gasteiger partial charge is 0.185 e. The van der Waals surface area contributed by atoms with E-state index in [1.165, 1.54) is 48.1 Å². The Balaban J connectivity index is 1.90. The fourth-order valence-corrected chi connectivity index (χ4v) is 3.80. The molecule has 2 rings (SSSR count). The van der Waals surface area contributed by atoms with Crippen LogP contribution in [0, 0.1) is 18.8 Å². The lowest BCUT2D eigenvalue weighted by Crippen LogP contribution is -2.33. The largest absolute Gasteiger partial charge is 0.348 e. The summed E-state index contributed by atoms with van der Waals surface area (Å²) in [6.07, 6.45) is 3.99. The van der Waals surface area contributed by atoms with Crippen molar-refractivity contribution in [2.75, 3.05) is 24.5 Å². The molecule has 0 unspecified atom stereocenters. The number of nitrogens with zero attached hydrogens (tertiary/aromatic N) is 2. The standard InChI is InChI=1S/C16H29N3S/c1-5-14-6-8-19(9-7-14)16-18-13(4)15(20-16)11-17-10-12(2)3/h12,14,17H,5-11H2,1-4H3. The SMILES string of the molecule is CCC1CCN(c2nc(C)c(CNCC(C)C)s2)CC1. The molecule has 1 aromatic rings. The number of rotatable bonds is 6. The van der Waals surface area contributed by atoms with Crippen LogP contribution in [0.25, 0.3) is 0 Å². The molecule has 0 saturated carbocycles. The molecular weight excluding hydrogens is 266 g/mol. The third-order valence-electron chi connectivity index (χ3n) is 4.18. The number of piperidine rings is 1. The van der Waals surface area contributed by atoms with E-state index in [-0.39, 0.29) is 0 Å². The van der Waals surface area contributed by atoms with Gasteiger partial charge < -0.3 is 10.2 Å². The van der Waals surface area contributed by atoms with Gasteiger partial charge in [0.25, 0.3) is 0 Å². The lowest BCUT2D eigenvalue weighted by molar-refractivity contribution is 0.395. The fraction of sp³-hybridized carbons (Fsp3) is 0.812. The van der Waals surface area contributed by atoms with Gasteiger partial charge in [0.1, 0.15) is 0 Å². The van der Waals surface area contributed by atoms with Crippen molar-refractivity contribution >= 4 is 16.5 Å². The van der Waals surface area contributed by atoms with E-state index < -0.39 is 0 Å². The average Bonchev–Trinajstić information content (AvgIpc) is 2.80. The van der Waals surface area contributed by atoms with Gasteiger partial charge in [-0.2, -0.15) is 0 Å². The molecule has 0 radical (unpaired) electrons. The Labute approximate surface area is 127 Å². The van der Waals surface area contributed by atoms with Crippen LogP contribution in [0.15, 0.2) is 0 Å². The molecular formula is C16H29N3S. The summed E-state index contributed by atoms with van der Waals surface area (Å²) in [6.45, 7) is 13.4. The lowest BCUT2D eigenvalue weighted by atomic mass is 9.95. The number of hydrogen-bond acceptors (Lipinski definition) is 4. The third kappa shape index (κ3) is 4.19. The number of nitrogens with one attached hydrogen (secondary N) is 1. The van der Waals surface area contributed by atoms with E-state index in [2.05, 4.69) is 37.9 Å². The van der Waals surface area contributed by atoms with E-state index in [0.29, 0.717) is 5.92 Å². The van der Waals surface area contributed by atoms with Crippen molar-refractivity contribution in [3.05, 3.63) is 10.6 Å². The van der Waals surface area contributed by atoms with Gasteiger partial charge in [0.2, 0.25) is 0 Å². The molecule has 114 valence electrons. The lowest BCUT2D eigenvalue weighted by Gasteiger charge is -2.31. The minimum absolute atomic E-state index is 0.704. The Hall–Kier alpha value is -0.610. The number of hydrogen-bond donors (Lipinski definition) is 1. The summed E-state index contributed by atoms with van der Waals surface area (Å²) in [6, 6.07) is 0. The summed E-state index contributed by atoms with van der Waals surface area (Å²) >= 11 is 1.88. The van der Waals surface area contributed by atoms with Crippen molar-refractivity contribution in [1.82, 2.24) is 10.3 Å². The molecule has 3 nitrogen and oxygen atoms in total. The molecule has 0 amide bonds. The monoisotopic (exact) mass is 295 g/mol. The minimum atomic E-state index is 0.704. The highest BCUT2D eigenvalue weighted by Gasteiger charge is 2.21. The van der Waals surface area contributed by atoms with Crippen LogP contribution in [0.4, 0.5) is 5.13 Å². The van der Waals surface area contributed by atoms with Crippen LogP contribution in [0.2, 0.25) is 0 Å². The van der Waals surface area contributed by atoms with Crippen LogP contribution in [0.1, 0.15) is 50.6 Å². The molecule has 1 fully saturated rings. The van der Waals surface area contributed by atoms with Gasteiger partial charge >= 0.3 is 0 Å². The Morgan fingerprint density at radius 3 is 2.65 bits per heavy atom. The van der Waals surface area contributed by atoms with Gasteiger partial charge in [-0.3, -0.25) is 0 Å². The van der Waals surface area contributed by atoms with E-state index in [9.17, 15) is 0 Å². The number of aromatic nitrogens is 1. The summed E-state index contributed by atoms with van der Waals surface area (Å²) in [5.74, 6) is 1.63. The summed E-state index contributed by atoms with van der Waals surface area (Å²) < 4.78 is 0. The van der Waals surface area contributed by atoms with Gasteiger partial charge in [0.05, 0.1) is 5.69 Å². The molecule has 1 aliphatic heterocycles. The predicted octanol–water partition coefficient (Wildman–Crippen LogP) is 3.82. The second kappa shape index (κ2) is 7.41. The highest BCUT2D eigenvalue weighted by atomic mass is 32.1. The van der Waals surface area contributed by atoms with E-state index in [4.69, 9.17) is 4.98 Å². The molecule has 0 spiro atoms. The Morgan fingerprint density at radius 1 is 1.35 bits per heavy atom. The number of anilines is 1. The van der Waals surface area contributed by atoms with E-state index in [0.717, 1.165) is 19.0 Å². The zero-order valence-electron chi connectivity index (χ0n) is 13.4. The fourth-order valence-electron chi connectivity index (χ4n) is 2.72. The molecule has 0 atom stereocenters. The van der Waals surface area contributed by atoms with Gasteiger partial charge in [-0.1, -0.05) is 27.2 Å². The van der Waals surface area contributed by atoms with Crippen molar-refractivity contribution in [2.45, 2.75) is 53.5 Å². The third-order valence-corrected chi connectivity index (χ3v) is 5.40. The first-order valence-corrected chi connectivity index (χ1v) is 8.83. The molecule has 0 aliphatic carbocycles. The van der Waals surface area contributed by atoms with Crippen molar-refractivity contribution in [3.63, 3.8) is 0 Å². The summed E-state index contributed by atoms with van der Waals surface area (Å²) in [5.41, 5.74) is 1.21. The maximum Gasteiger partial charge on any atom is 0.185 e. The second-order valence-electron chi connectivity index (χ2n) is 6.37. The molecule has 4 heteroatoms. The van der Waals surface area contributed by atoms with Crippen molar-refractivity contribution in [3.8, 4) is 0 Å². The van der Waals surface area contributed by atoms with E-state index >= 15 is 0 Å². The van der Waals surface area contributed by atoms with Crippen LogP contribution in [0.3, 0.4) is 0 Å². The first-order chi connectivity index (χ1) is 9.60. The summed E-state index contributed by atoms with van der Waals surface area (Å²) in [4.78, 5) is 8.67. The van der Waals surface area contributed by atoms with Crippen LogP contribution >= 0.6 is 11.3 Å². The molecule has 1 saturated heterocycles. The van der Waals surface area contributed by atoms with Crippen LogP contribution in [-0.2, 0) is 6.54 Å². The Morgan fingerprint density at radius 2 is 2.05 bits per heavy atom. The minimum Gasteiger partial charge on any atom is -0.348 e. The van der Waals surface area contributed by atoms with Crippen molar-refractivity contribution < 1.29 is 0 Å². The Bertz CT molecular complexity index is 406. The molecule has 2 heterocycles. The molecule has 0 bridgehead atoms. The predicted molar refractivity (Wildman–Crippen MR) is 88.6 cm³/mol. The molecule has 1 aromatic heterocycles. The number of aryl methyl sites for hydroxylation is 1. The van der Waals surface area contributed by atoms with Crippen LogP contribution in [0.5, 0.6) is 0 Å². The average molecular weight is 295 g/mol. The van der Waals surface area contributed by atoms with Gasteiger partial charge in [0.15, 0.2) is 5.13 Å². The van der Waals surface area contributed by atoms with Crippen LogP contribution < -0.4 is 10.2 Å². The second-order valence-corrected chi connectivity index (χ2v) is 7.43. The first kappa shape index (κ1) is 15.8. The quantitative estimate of drug-likeness (QED) is 0.864. The zero-order valence-corrected chi connectivity index (χ0v) is 14.2.